The highest BCUT2D eigenvalue weighted by Crippen LogP contribution is 2.46. The zero-order valence-corrected chi connectivity index (χ0v) is 65.4. The van der Waals surface area contributed by atoms with Gasteiger partial charge in [-0.05, 0) is 225 Å². The van der Waals surface area contributed by atoms with Gasteiger partial charge in [0.25, 0.3) is 5.69 Å². The molecule has 0 aliphatic heterocycles. The van der Waals surface area contributed by atoms with Crippen LogP contribution in [-0.4, -0.2) is 26.1 Å². The van der Waals surface area contributed by atoms with Crippen LogP contribution < -0.4 is 29.4 Å². The van der Waals surface area contributed by atoms with Crippen molar-refractivity contribution in [3.8, 4) is 45.5 Å². The molecule has 0 bridgehead atoms. The Hall–Kier alpha value is -16.1. The predicted molar refractivity (Wildman–Crippen MR) is 492 cm³/mol. The van der Waals surface area contributed by atoms with E-state index in [1.165, 1.54) is 55.3 Å². The van der Waals surface area contributed by atoms with Crippen LogP contribution in [0.3, 0.4) is 0 Å². The van der Waals surface area contributed by atoms with Crippen LogP contribution in [0.4, 0.5) is 91.0 Å². The summed E-state index contributed by atoms with van der Waals surface area (Å²) in [4.78, 5) is 24.0. The molecule has 0 aliphatic carbocycles. The lowest BCUT2D eigenvalue weighted by atomic mass is 10.0. The first-order valence-corrected chi connectivity index (χ1v) is 39.1. The fraction of sp³-hybridized carbons (Fsp3) is 0.0280. The minimum Gasteiger partial charge on any atom is -0.345 e. The molecule has 0 saturated carbocycles. The molecule has 0 spiro atoms. The maximum Gasteiger partial charge on any atom is 0.271 e. The summed E-state index contributed by atoms with van der Waals surface area (Å²) < 4.78 is 0. The number of rotatable bonds is 19. The zero-order valence-electron chi connectivity index (χ0n) is 65.4. The van der Waals surface area contributed by atoms with Gasteiger partial charge in [-0.25, -0.2) is 0 Å². The van der Waals surface area contributed by atoms with Crippen LogP contribution >= 0.6 is 0 Å². The Balaban J connectivity index is 0.000000132. The first-order chi connectivity index (χ1) is 58.0. The number of nitriles is 2. The minimum absolute atomic E-state index is 0.0707. The first-order valence-electron chi connectivity index (χ1n) is 39.1. The number of hydrogen-bond acceptors (Lipinski definition) is 10. The van der Waals surface area contributed by atoms with Gasteiger partial charge in [-0.15, -0.1) is 0 Å². The molecule has 0 unspecified atom stereocenters. The van der Waals surface area contributed by atoms with Gasteiger partial charge < -0.3 is 29.4 Å². The number of nitro benzene ring substituents is 1. The standard InChI is InChI=1S/2C36H27N3.C35H27N3O2/c1-38(33-16-7-10-27(24-33)26-37)31-20-22-32(23-21-31)39(36-19-9-14-29-13-5-6-18-35(29)36)34-17-8-15-30(25-34)28-11-3-2-4-12-28;1-38(31-19-17-27(26-37)18-20-31)32-21-23-33(24-22-32)39(36-16-8-12-29-11-5-6-15-35(29)36)34-14-7-13-30(25-34)28-9-3-2-4-10-28;1-36(31-15-9-17-33(25-31)38(39)40)29-20-22-30(23-21-29)37(35-19-8-13-27-12-5-6-18-34(27)35)32-16-7-14-28(24-32)26-10-3-2-4-11-26/h2*2-25H,1H3;2-25H,1H3. The van der Waals surface area contributed by atoms with Crippen LogP contribution in [0.25, 0.3) is 65.7 Å². The fourth-order valence-corrected chi connectivity index (χ4v) is 15.1. The lowest BCUT2D eigenvalue weighted by Gasteiger charge is -2.28. The van der Waals surface area contributed by atoms with Gasteiger partial charge in [-0.1, -0.05) is 249 Å². The quantitative estimate of drug-likeness (QED) is 0.0573. The van der Waals surface area contributed by atoms with Gasteiger partial charge in [-0.3, -0.25) is 10.1 Å². The van der Waals surface area contributed by atoms with E-state index in [-0.39, 0.29) is 10.6 Å². The Labute approximate surface area is 688 Å². The molecule has 0 N–H and O–H groups in total. The summed E-state index contributed by atoms with van der Waals surface area (Å²) in [6.07, 6.45) is 0. The maximum absolute atomic E-state index is 11.3. The van der Waals surface area contributed by atoms with E-state index in [0.717, 1.165) is 102 Å². The third-order valence-corrected chi connectivity index (χ3v) is 21.3. The van der Waals surface area contributed by atoms with Crippen LogP contribution in [0.1, 0.15) is 11.1 Å². The molecule has 566 valence electrons. The van der Waals surface area contributed by atoms with Crippen LogP contribution in [0.5, 0.6) is 0 Å². The fourth-order valence-electron chi connectivity index (χ4n) is 15.1. The van der Waals surface area contributed by atoms with E-state index in [1.807, 2.05) is 111 Å². The van der Waals surface area contributed by atoms with E-state index in [2.05, 4.69) is 370 Å². The van der Waals surface area contributed by atoms with Crippen molar-refractivity contribution in [2.24, 2.45) is 0 Å². The second kappa shape index (κ2) is 35.3. The summed E-state index contributed by atoms with van der Waals surface area (Å²) in [6, 6.07) is 154. The summed E-state index contributed by atoms with van der Waals surface area (Å²) in [6.45, 7) is 0. The van der Waals surface area contributed by atoms with E-state index in [4.69, 9.17) is 5.26 Å². The SMILES string of the molecule is CN(c1ccc(C#N)cc1)c1ccc(N(c2cccc(-c3ccccc3)c2)c2cccc3ccccc23)cc1.CN(c1ccc(N(c2cccc(-c3ccccc3)c2)c2cccc3ccccc23)cc1)c1cccc(C#N)c1.CN(c1ccc(N(c2cccc(-c3ccccc3)c2)c2cccc3ccccc23)cc1)c1cccc([N+](=O)[O-])c1. The summed E-state index contributed by atoms with van der Waals surface area (Å²) in [5.41, 5.74) is 24.0. The topological polar surface area (TPSA) is 110 Å². The molecule has 0 saturated heterocycles. The Morgan fingerprint density at radius 2 is 0.492 bits per heavy atom. The van der Waals surface area contributed by atoms with Gasteiger partial charge in [0, 0.05) is 118 Å². The molecule has 0 amide bonds. The monoisotopic (exact) mass is 1520 g/mol. The molecule has 18 aromatic carbocycles. The van der Waals surface area contributed by atoms with Crippen molar-refractivity contribution >= 4 is 123 Å². The second-order valence-electron chi connectivity index (χ2n) is 28.6. The number of anilines is 15. The van der Waals surface area contributed by atoms with Crippen molar-refractivity contribution in [2.75, 3.05) is 50.5 Å². The van der Waals surface area contributed by atoms with Crippen molar-refractivity contribution in [2.45, 2.75) is 0 Å². The number of benzene rings is 18. The van der Waals surface area contributed by atoms with Gasteiger partial charge >= 0.3 is 0 Å². The molecule has 0 aliphatic rings. The summed E-state index contributed by atoms with van der Waals surface area (Å²) >= 11 is 0. The van der Waals surface area contributed by atoms with Gasteiger partial charge in [-0.2, -0.15) is 10.5 Å². The van der Waals surface area contributed by atoms with Crippen LogP contribution in [-0.2, 0) is 0 Å². The van der Waals surface area contributed by atoms with Crippen LogP contribution in [0, 0.1) is 32.8 Å². The average Bonchev–Trinajstić information content (AvgIpc) is 0.782. The Kier molecular flexibility index (Phi) is 22.7. The number of non-ortho nitro benzene ring substituents is 1. The molecule has 18 aromatic rings. The molecule has 11 heteroatoms. The lowest BCUT2D eigenvalue weighted by molar-refractivity contribution is -0.384. The molecule has 0 heterocycles. The highest BCUT2D eigenvalue weighted by Gasteiger charge is 2.22. The molecule has 0 fully saturated rings. The van der Waals surface area contributed by atoms with Gasteiger partial charge in [0.2, 0.25) is 0 Å². The van der Waals surface area contributed by atoms with Crippen LogP contribution in [0.15, 0.2) is 437 Å². The van der Waals surface area contributed by atoms with Gasteiger partial charge in [0.05, 0.1) is 45.3 Å². The number of hydrogen-bond donors (Lipinski definition) is 0. The van der Waals surface area contributed by atoms with Crippen molar-refractivity contribution in [1.82, 2.24) is 0 Å². The second-order valence-corrected chi connectivity index (χ2v) is 28.6. The van der Waals surface area contributed by atoms with Crippen molar-refractivity contribution in [3.63, 3.8) is 0 Å². The number of nitrogens with zero attached hydrogens (tertiary/aromatic N) is 9. The van der Waals surface area contributed by atoms with Crippen molar-refractivity contribution < 1.29 is 4.92 Å². The predicted octanol–water partition coefficient (Wildman–Crippen LogP) is 28.9. The Morgan fingerprint density at radius 3 is 0.839 bits per heavy atom. The van der Waals surface area contributed by atoms with Crippen molar-refractivity contribution in [1.29, 1.82) is 10.5 Å². The molecule has 0 radical (unpaired) electrons. The van der Waals surface area contributed by atoms with Crippen LogP contribution in [0.2, 0.25) is 0 Å². The zero-order chi connectivity index (χ0) is 80.7. The number of nitro groups is 1. The van der Waals surface area contributed by atoms with Gasteiger partial charge in [0.1, 0.15) is 0 Å². The lowest BCUT2D eigenvalue weighted by Crippen LogP contribution is -2.12. The molecule has 0 aromatic heterocycles. The normalized spacial score (nSPS) is 10.7. The third kappa shape index (κ3) is 16.8. The maximum atomic E-state index is 11.3. The number of fused-ring (bicyclic) bond motifs is 3. The van der Waals surface area contributed by atoms with Crippen molar-refractivity contribution in [3.05, 3.63) is 458 Å². The molecular weight excluding hydrogens is 1440 g/mol. The molecular formula is C107H81N9O2. The summed E-state index contributed by atoms with van der Waals surface area (Å²) in [5.74, 6) is 0. The van der Waals surface area contributed by atoms with E-state index < -0.39 is 0 Å². The molecule has 118 heavy (non-hydrogen) atoms. The molecule has 11 nitrogen and oxygen atoms in total. The van der Waals surface area contributed by atoms with E-state index in [9.17, 15) is 15.4 Å². The first kappa shape index (κ1) is 75.9. The minimum atomic E-state index is -0.369. The van der Waals surface area contributed by atoms with Gasteiger partial charge in [0.15, 0.2) is 0 Å². The highest BCUT2D eigenvalue weighted by atomic mass is 16.6. The van der Waals surface area contributed by atoms with E-state index >= 15 is 0 Å². The van der Waals surface area contributed by atoms with E-state index in [0.29, 0.717) is 11.1 Å². The highest BCUT2D eigenvalue weighted by molar-refractivity contribution is 6.02. The Bertz CT molecular complexity index is 6620. The largest absolute Gasteiger partial charge is 0.345 e. The summed E-state index contributed by atoms with van der Waals surface area (Å²) in [5, 5.41) is 36.9. The summed E-state index contributed by atoms with van der Waals surface area (Å²) in [7, 11) is 5.99. The Morgan fingerprint density at radius 1 is 0.229 bits per heavy atom. The smallest absolute Gasteiger partial charge is 0.271 e. The average molecular weight is 1520 g/mol. The van der Waals surface area contributed by atoms with E-state index in [1.54, 1.807) is 12.1 Å². The molecule has 18 rings (SSSR count). The molecule has 0 atom stereocenters. The third-order valence-electron chi connectivity index (χ3n) is 21.3.